The van der Waals surface area contributed by atoms with Gasteiger partial charge in [0.25, 0.3) is 0 Å². The number of sulfonamides is 1. The lowest BCUT2D eigenvalue weighted by Crippen LogP contribution is -2.41. The summed E-state index contributed by atoms with van der Waals surface area (Å²) in [6.07, 6.45) is 0.866. The molecule has 12 heteroatoms. The molecule has 0 heterocycles. The van der Waals surface area contributed by atoms with Crippen molar-refractivity contribution in [2.75, 3.05) is 6.26 Å². The lowest BCUT2D eigenvalue weighted by atomic mass is 10.0. The standard InChI is InChI=1S/C13H17BrF2NO6PS/c1-3-12(18)11(17-25(2,22)23)7-8-4-5-9(10(14)6-8)13(15,16)24(19,20)21/h4-6,11,17H,3,7H2,1-2H3,(H2,19,20,21)/t11-/m0/s1. The van der Waals surface area contributed by atoms with E-state index in [-0.39, 0.29) is 23.1 Å². The van der Waals surface area contributed by atoms with Crippen molar-refractivity contribution in [1.29, 1.82) is 0 Å². The lowest BCUT2D eigenvalue weighted by Gasteiger charge is -2.20. The first-order valence-corrected chi connectivity index (χ1v) is 11.2. The smallest absolute Gasteiger partial charge is 0.320 e. The third-order valence-electron chi connectivity index (χ3n) is 3.26. The number of benzene rings is 1. The van der Waals surface area contributed by atoms with Gasteiger partial charge in [0.05, 0.1) is 12.3 Å². The molecule has 0 aliphatic heterocycles. The minimum Gasteiger partial charge on any atom is -0.320 e. The van der Waals surface area contributed by atoms with E-state index >= 15 is 0 Å². The summed E-state index contributed by atoms with van der Waals surface area (Å²) in [5.74, 6) is -0.383. The summed E-state index contributed by atoms with van der Waals surface area (Å²) >= 11 is 2.83. The van der Waals surface area contributed by atoms with E-state index in [4.69, 9.17) is 9.79 Å². The molecule has 0 aromatic heterocycles. The molecule has 0 bridgehead atoms. The molecule has 0 radical (unpaired) electrons. The summed E-state index contributed by atoms with van der Waals surface area (Å²) in [4.78, 5) is 29.5. The van der Waals surface area contributed by atoms with Crippen molar-refractivity contribution in [3.8, 4) is 0 Å². The third-order valence-corrected chi connectivity index (χ3v) is 5.60. The predicted octanol–water partition coefficient (Wildman–Crippen LogP) is 2.12. The zero-order valence-electron chi connectivity index (χ0n) is 13.2. The van der Waals surface area contributed by atoms with Crippen molar-refractivity contribution in [3.63, 3.8) is 0 Å². The van der Waals surface area contributed by atoms with E-state index < -0.39 is 34.9 Å². The Kier molecular flexibility index (Phi) is 7.05. The van der Waals surface area contributed by atoms with Gasteiger partial charge in [0, 0.05) is 16.5 Å². The molecule has 0 saturated heterocycles. The van der Waals surface area contributed by atoms with Gasteiger partial charge in [-0.25, -0.2) is 13.1 Å². The number of hydrogen-bond donors (Lipinski definition) is 3. The van der Waals surface area contributed by atoms with Crippen molar-refractivity contribution in [2.24, 2.45) is 0 Å². The van der Waals surface area contributed by atoms with Crippen LogP contribution >= 0.6 is 23.5 Å². The fraction of sp³-hybridized carbons (Fsp3) is 0.462. The van der Waals surface area contributed by atoms with Crippen LogP contribution in [0.5, 0.6) is 0 Å². The van der Waals surface area contributed by atoms with Crippen molar-refractivity contribution in [1.82, 2.24) is 4.72 Å². The lowest BCUT2D eigenvalue weighted by molar-refractivity contribution is -0.120. The molecule has 1 atom stereocenters. The maximum Gasteiger partial charge on any atom is 0.399 e. The summed E-state index contributed by atoms with van der Waals surface area (Å²) in [5, 5.41) is 0. The molecule has 0 aliphatic carbocycles. The maximum absolute atomic E-state index is 13.8. The van der Waals surface area contributed by atoms with Gasteiger partial charge in [0.15, 0.2) is 5.78 Å². The predicted molar refractivity (Wildman–Crippen MR) is 90.8 cm³/mol. The Bertz CT molecular complexity index is 811. The van der Waals surface area contributed by atoms with Gasteiger partial charge in [-0.3, -0.25) is 9.36 Å². The Hall–Kier alpha value is -0.710. The number of hydrogen-bond acceptors (Lipinski definition) is 4. The molecular formula is C13H17BrF2NO6PS. The molecule has 1 aromatic rings. The van der Waals surface area contributed by atoms with Crippen LogP contribution in [0.1, 0.15) is 24.5 Å². The largest absolute Gasteiger partial charge is 0.399 e. The molecule has 1 rings (SSSR count). The number of Topliss-reactive ketones (excluding diaryl/α,β-unsaturated/α-hetero) is 1. The number of ketones is 1. The van der Waals surface area contributed by atoms with Gasteiger partial charge in [-0.2, -0.15) is 8.78 Å². The Morgan fingerprint density at radius 1 is 1.40 bits per heavy atom. The van der Waals surface area contributed by atoms with Crippen molar-refractivity contribution in [3.05, 3.63) is 33.8 Å². The van der Waals surface area contributed by atoms with Crippen molar-refractivity contribution >= 4 is 39.3 Å². The molecule has 25 heavy (non-hydrogen) atoms. The van der Waals surface area contributed by atoms with Crippen LogP contribution in [-0.4, -0.2) is 36.3 Å². The van der Waals surface area contributed by atoms with Crippen LogP contribution < -0.4 is 4.72 Å². The maximum atomic E-state index is 13.8. The summed E-state index contributed by atoms with van der Waals surface area (Å²) in [6, 6.07) is 2.08. The van der Waals surface area contributed by atoms with Gasteiger partial charge >= 0.3 is 13.3 Å². The first-order chi connectivity index (χ1) is 11.2. The number of nitrogens with one attached hydrogen (secondary N) is 1. The second-order valence-corrected chi connectivity index (χ2v) is 9.65. The Morgan fingerprint density at radius 3 is 2.36 bits per heavy atom. The molecule has 0 unspecified atom stereocenters. The van der Waals surface area contributed by atoms with Crippen LogP contribution in [0, 0.1) is 0 Å². The molecule has 7 nitrogen and oxygen atoms in total. The van der Waals surface area contributed by atoms with E-state index in [1.807, 2.05) is 0 Å². The molecule has 0 aliphatic rings. The monoisotopic (exact) mass is 463 g/mol. The molecule has 0 spiro atoms. The van der Waals surface area contributed by atoms with Gasteiger partial charge < -0.3 is 9.79 Å². The summed E-state index contributed by atoms with van der Waals surface area (Å²) in [5.41, 5.74) is -4.95. The Labute approximate surface area is 152 Å². The first-order valence-electron chi connectivity index (χ1n) is 6.91. The van der Waals surface area contributed by atoms with Crippen LogP contribution in [0.3, 0.4) is 0 Å². The molecule has 3 N–H and O–H groups in total. The van der Waals surface area contributed by atoms with Gasteiger partial charge in [-0.15, -0.1) is 0 Å². The van der Waals surface area contributed by atoms with E-state index in [1.54, 1.807) is 6.92 Å². The van der Waals surface area contributed by atoms with Crippen LogP contribution in [0.4, 0.5) is 8.78 Å². The molecule has 0 saturated carbocycles. The zero-order chi connectivity index (χ0) is 19.6. The number of carbonyl (C=O) groups excluding carboxylic acids is 1. The van der Waals surface area contributed by atoms with E-state index in [9.17, 15) is 26.6 Å². The highest BCUT2D eigenvalue weighted by molar-refractivity contribution is 9.10. The Balaban J connectivity index is 3.18. The zero-order valence-corrected chi connectivity index (χ0v) is 16.5. The number of rotatable bonds is 8. The highest BCUT2D eigenvalue weighted by Crippen LogP contribution is 2.60. The van der Waals surface area contributed by atoms with Crippen LogP contribution in [0.2, 0.25) is 0 Å². The van der Waals surface area contributed by atoms with E-state index in [0.29, 0.717) is 5.56 Å². The van der Waals surface area contributed by atoms with Gasteiger partial charge in [-0.1, -0.05) is 35.0 Å². The Morgan fingerprint density at radius 2 is 1.96 bits per heavy atom. The van der Waals surface area contributed by atoms with Gasteiger partial charge in [0.1, 0.15) is 0 Å². The molecule has 142 valence electrons. The van der Waals surface area contributed by atoms with E-state index in [1.165, 1.54) is 6.07 Å². The van der Waals surface area contributed by atoms with Crippen LogP contribution in [0.15, 0.2) is 22.7 Å². The summed E-state index contributed by atoms with van der Waals surface area (Å²) in [7, 11) is -9.38. The average molecular weight is 464 g/mol. The fourth-order valence-electron chi connectivity index (χ4n) is 2.05. The SMILES string of the molecule is CCC(=O)[C@H](Cc1ccc(C(F)(F)P(=O)(O)O)c(Br)c1)NS(C)(=O)=O. The number of halogens is 3. The third kappa shape index (κ3) is 5.90. The molecule has 0 fully saturated rings. The minimum atomic E-state index is -5.72. The summed E-state index contributed by atoms with van der Waals surface area (Å²) < 4.78 is 63.2. The second-order valence-electron chi connectivity index (χ2n) is 5.37. The molecule has 0 amide bonds. The number of carbonyl (C=O) groups is 1. The minimum absolute atomic E-state index is 0.0721. The molecule has 1 aromatic carbocycles. The van der Waals surface area contributed by atoms with Crippen molar-refractivity contribution < 1.29 is 36.3 Å². The molecular weight excluding hydrogens is 447 g/mol. The highest BCUT2D eigenvalue weighted by atomic mass is 79.9. The van der Waals surface area contributed by atoms with Gasteiger partial charge in [0.2, 0.25) is 10.0 Å². The van der Waals surface area contributed by atoms with Crippen molar-refractivity contribution in [2.45, 2.75) is 31.5 Å². The second kappa shape index (κ2) is 7.89. The topological polar surface area (TPSA) is 121 Å². The fourth-order valence-corrected chi connectivity index (χ4v) is 4.12. The normalized spacial score (nSPS) is 14.4. The first kappa shape index (κ1) is 22.3. The quantitative estimate of drug-likeness (QED) is 0.507. The summed E-state index contributed by atoms with van der Waals surface area (Å²) in [6.45, 7) is 1.55. The van der Waals surface area contributed by atoms with Crippen LogP contribution in [-0.2, 0) is 31.5 Å². The van der Waals surface area contributed by atoms with Crippen LogP contribution in [0.25, 0.3) is 0 Å². The van der Waals surface area contributed by atoms with E-state index in [2.05, 4.69) is 20.7 Å². The average Bonchev–Trinajstić information content (AvgIpc) is 2.42. The van der Waals surface area contributed by atoms with E-state index in [0.717, 1.165) is 18.4 Å². The highest BCUT2D eigenvalue weighted by Gasteiger charge is 2.51. The number of alkyl halides is 2. The van der Waals surface area contributed by atoms with Gasteiger partial charge in [-0.05, 0) is 18.1 Å².